The van der Waals surface area contributed by atoms with Crippen molar-refractivity contribution in [2.75, 3.05) is 19.6 Å². The summed E-state index contributed by atoms with van der Waals surface area (Å²) in [7, 11) is 0. The molecule has 1 aliphatic rings. The summed E-state index contributed by atoms with van der Waals surface area (Å²) in [6.45, 7) is 10.1. The minimum absolute atomic E-state index is 0.800. The average Bonchev–Trinajstić information content (AvgIpc) is 2.19. The Balaban J connectivity index is 2.43. The molecule has 2 nitrogen and oxygen atoms in total. The fourth-order valence-corrected chi connectivity index (χ4v) is 2.62. The van der Waals surface area contributed by atoms with Gasteiger partial charge in [-0.25, -0.2) is 0 Å². The van der Waals surface area contributed by atoms with Gasteiger partial charge in [-0.1, -0.05) is 20.8 Å². The van der Waals surface area contributed by atoms with E-state index in [0.717, 1.165) is 37.5 Å². The van der Waals surface area contributed by atoms with Crippen LogP contribution in [0.1, 0.15) is 40.0 Å². The van der Waals surface area contributed by atoms with Crippen molar-refractivity contribution in [3.63, 3.8) is 0 Å². The summed E-state index contributed by atoms with van der Waals surface area (Å²) in [4.78, 5) is 2.56. The van der Waals surface area contributed by atoms with E-state index in [1.807, 2.05) is 0 Å². The van der Waals surface area contributed by atoms with Gasteiger partial charge in [-0.05, 0) is 37.6 Å². The first kappa shape index (κ1) is 12.0. The predicted octanol–water partition coefficient (Wildman–Crippen LogP) is 2.09. The van der Waals surface area contributed by atoms with Crippen molar-refractivity contribution in [2.45, 2.75) is 46.1 Å². The van der Waals surface area contributed by atoms with Gasteiger partial charge in [0.05, 0.1) is 0 Å². The predicted molar refractivity (Wildman–Crippen MR) is 62.3 cm³/mol. The highest BCUT2D eigenvalue weighted by atomic mass is 15.2. The molecule has 0 amide bonds. The Labute approximate surface area is 88.8 Å². The normalized spacial score (nSPS) is 33.6. The van der Waals surface area contributed by atoms with E-state index < -0.39 is 0 Å². The van der Waals surface area contributed by atoms with Gasteiger partial charge in [0.1, 0.15) is 0 Å². The van der Waals surface area contributed by atoms with Gasteiger partial charge in [-0.2, -0.15) is 0 Å². The van der Waals surface area contributed by atoms with Crippen LogP contribution in [-0.4, -0.2) is 30.6 Å². The summed E-state index contributed by atoms with van der Waals surface area (Å²) in [5, 5.41) is 0. The summed E-state index contributed by atoms with van der Waals surface area (Å²) in [6.07, 6.45) is 4.14. The van der Waals surface area contributed by atoms with Crippen LogP contribution >= 0.6 is 0 Å². The van der Waals surface area contributed by atoms with E-state index in [9.17, 15) is 0 Å². The quantitative estimate of drug-likeness (QED) is 0.749. The number of nitrogens with zero attached hydrogens (tertiary/aromatic N) is 1. The first-order chi connectivity index (χ1) is 6.69. The summed E-state index contributed by atoms with van der Waals surface area (Å²) in [6, 6.07) is 0.801. The highest BCUT2D eigenvalue weighted by Crippen LogP contribution is 2.31. The van der Waals surface area contributed by atoms with Gasteiger partial charge in [0, 0.05) is 19.1 Å². The molecule has 2 N–H and O–H groups in total. The van der Waals surface area contributed by atoms with Gasteiger partial charge in [-0.15, -0.1) is 0 Å². The van der Waals surface area contributed by atoms with Crippen LogP contribution < -0.4 is 5.73 Å². The molecule has 84 valence electrons. The monoisotopic (exact) mass is 198 g/mol. The van der Waals surface area contributed by atoms with Gasteiger partial charge in [-0.3, -0.25) is 4.90 Å². The summed E-state index contributed by atoms with van der Waals surface area (Å²) in [5.74, 6) is 1.81. The second kappa shape index (κ2) is 5.72. The second-order valence-corrected chi connectivity index (χ2v) is 4.84. The second-order valence-electron chi connectivity index (χ2n) is 4.84. The molecular formula is C12H26N2. The van der Waals surface area contributed by atoms with Crippen LogP contribution in [0.5, 0.6) is 0 Å². The molecule has 1 aliphatic carbocycles. The number of likely N-dealkylation sites (N-methyl/N-ethyl adjacent to an activating group) is 1. The zero-order valence-corrected chi connectivity index (χ0v) is 10.00. The molecule has 1 rings (SSSR count). The van der Waals surface area contributed by atoms with Crippen LogP contribution in [0.4, 0.5) is 0 Å². The van der Waals surface area contributed by atoms with Crippen molar-refractivity contribution in [3.8, 4) is 0 Å². The highest BCUT2D eigenvalue weighted by Gasteiger charge is 2.27. The number of rotatable bonds is 4. The molecule has 3 atom stereocenters. The van der Waals surface area contributed by atoms with Crippen LogP contribution in [0, 0.1) is 11.8 Å². The van der Waals surface area contributed by atoms with Gasteiger partial charge in [0.25, 0.3) is 0 Å². The Hall–Kier alpha value is -0.0800. The molecule has 0 heterocycles. The largest absolute Gasteiger partial charge is 0.329 e. The van der Waals surface area contributed by atoms with Crippen molar-refractivity contribution in [1.29, 1.82) is 0 Å². The van der Waals surface area contributed by atoms with Crippen molar-refractivity contribution in [3.05, 3.63) is 0 Å². The molecule has 0 aliphatic heterocycles. The summed E-state index contributed by atoms with van der Waals surface area (Å²) >= 11 is 0. The SMILES string of the molecule is CCN(CCN)C1CCC(C)C(C)C1. The average molecular weight is 198 g/mol. The Bertz CT molecular complexity index is 158. The molecule has 0 radical (unpaired) electrons. The molecule has 2 heteroatoms. The van der Waals surface area contributed by atoms with Gasteiger partial charge >= 0.3 is 0 Å². The molecule has 0 aromatic heterocycles. The Kier molecular flexibility index (Phi) is 4.90. The molecular weight excluding hydrogens is 172 g/mol. The van der Waals surface area contributed by atoms with E-state index in [4.69, 9.17) is 5.73 Å². The van der Waals surface area contributed by atoms with E-state index in [2.05, 4.69) is 25.7 Å². The highest BCUT2D eigenvalue weighted by molar-refractivity contribution is 4.81. The van der Waals surface area contributed by atoms with Crippen molar-refractivity contribution in [1.82, 2.24) is 4.90 Å². The number of nitrogens with two attached hydrogens (primary N) is 1. The van der Waals surface area contributed by atoms with E-state index in [0.29, 0.717) is 0 Å². The molecule has 14 heavy (non-hydrogen) atoms. The minimum atomic E-state index is 0.800. The van der Waals surface area contributed by atoms with Crippen molar-refractivity contribution >= 4 is 0 Å². The third-order valence-corrected chi connectivity index (χ3v) is 3.91. The Morgan fingerprint density at radius 3 is 2.43 bits per heavy atom. The third-order valence-electron chi connectivity index (χ3n) is 3.91. The fourth-order valence-electron chi connectivity index (χ4n) is 2.62. The molecule has 0 aromatic carbocycles. The minimum Gasteiger partial charge on any atom is -0.329 e. The maximum absolute atomic E-state index is 5.63. The van der Waals surface area contributed by atoms with Crippen molar-refractivity contribution in [2.24, 2.45) is 17.6 Å². The molecule has 0 aromatic rings. The maximum atomic E-state index is 5.63. The van der Waals surface area contributed by atoms with Gasteiger partial charge in [0.2, 0.25) is 0 Å². The lowest BCUT2D eigenvalue weighted by Crippen LogP contribution is -2.42. The van der Waals surface area contributed by atoms with E-state index in [-0.39, 0.29) is 0 Å². The first-order valence-corrected chi connectivity index (χ1v) is 6.13. The van der Waals surface area contributed by atoms with Crippen LogP contribution in [-0.2, 0) is 0 Å². The first-order valence-electron chi connectivity index (χ1n) is 6.13. The molecule has 1 fully saturated rings. The maximum Gasteiger partial charge on any atom is 0.0107 e. The summed E-state index contributed by atoms with van der Waals surface area (Å²) < 4.78 is 0. The molecule has 0 spiro atoms. The van der Waals surface area contributed by atoms with Crippen LogP contribution in [0.15, 0.2) is 0 Å². The molecule has 1 saturated carbocycles. The standard InChI is InChI=1S/C12H26N2/c1-4-14(8-7-13)12-6-5-10(2)11(3)9-12/h10-12H,4-9,13H2,1-3H3. The lowest BCUT2D eigenvalue weighted by molar-refractivity contribution is 0.116. The van der Waals surface area contributed by atoms with E-state index in [1.54, 1.807) is 0 Å². The fraction of sp³-hybridized carbons (Fsp3) is 1.00. The van der Waals surface area contributed by atoms with E-state index >= 15 is 0 Å². The zero-order valence-electron chi connectivity index (χ0n) is 10.00. The third kappa shape index (κ3) is 2.96. The van der Waals surface area contributed by atoms with Crippen molar-refractivity contribution < 1.29 is 0 Å². The number of hydrogen-bond acceptors (Lipinski definition) is 2. The lowest BCUT2D eigenvalue weighted by Gasteiger charge is -2.38. The number of hydrogen-bond donors (Lipinski definition) is 1. The Morgan fingerprint density at radius 2 is 1.93 bits per heavy atom. The van der Waals surface area contributed by atoms with Crippen LogP contribution in [0.2, 0.25) is 0 Å². The van der Waals surface area contributed by atoms with E-state index in [1.165, 1.54) is 19.3 Å². The van der Waals surface area contributed by atoms with Crippen LogP contribution in [0.3, 0.4) is 0 Å². The molecule has 0 saturated heterocycles. The van der Waals surface area contributed by atoms with Gasteiger partial charge in [0.15, 0.2) is 0 Å². The molecule has 3 unspecified atom stereocenters. The molecule has 0 bridgehead atoms. The van der Waals surface area contributed by atoms with Gasteiger partial charge < -0.3 is 5.73 Å². The summed E-state index contributed by atoms with van der Waals surface area (Å²) in [5.41, 5.74) is 5.63. The smallest absolute Gasteiger partial charge is 0.0107 e. The topological polar surface area (TPSA) is 29.3 Å². The van der Waals surface area contributed by atoms with Crippen LogP contribution in [0.25, 0.3) is 0 Å². The lowest BCUT2D eigenvalue weighted by atomic mass is 9.78. The zero-order chi connectivity index (χ0) is 10.6. The Morgan fingerprint density at radius 1 is 1.21 bits per heavy atom.